The summed E-state index contributed by atoms with van der Waals surface area (Å²) in [4.78, 5) is 2.38. The van der Waals surface area contributed by atoms with Crippen LogP contribution in [-0.2, 0) is 7.05 Å². The number of rotatable bonds is 2. The van der Waals surface area contributed by atoms with Gasteiger partial charge >= 0.3 is 0 Å². The van der Waals surface area contributed by atoms with Crippen molar-refractivity contribution in [2.75, 3.05) is 11.9 Å². The van der Waals surface area contributed by atoms with E-state index in [-0.39, 0.29) is 0 Å². The van der Waals surface area contributed by atoms with Crippen molar-refractivity contribution in [1.82, 2.24) is 9.47 Å². The molecular formula is C19H25N3S. The van der Waals surface area contributed by atoms with Gasteiger partial charge in [0.05, 0.1) is 6.04 Å². The summed E-state index contributed by atoms with van der Waals surface area (Å²) in [5.41, 5.74) is 3.66. The van der Waals surface area contributed by atoms with Gasteiger partial charge in [-0.15, -0.1) is 0 Å². The zero-order valence-corrected chi connectivity index (χ0v) is 14.8. The molecule has 1 aromatic carbocycles. The highest BCUT2D eigenvalue weighted by atomic mass is 32.1. The van der Waals surface area contributed by atoms with E-state index in [0.29, 0.717) is 6.04 Å². The van der Waals surface area contributed by atoms with Gasteiger partial charge in [-0.2, -0.15) is 0 Å². The van der Waals surface area contributed by atoms with Crippen LogP contribution in [0, 0.1) is 6.92 Å². The molecule has 4 heteroatoms. The van der Waals surface area contributed by atoms with Crippen molar-refractivity contribution in [2.45, 2.75) is 38.6 Å². The average Bonchev–Trinajstić information content (AvgIpc) is 2.80. The molecule has 3 nitrogen and oxygen atoms in total. The molecule has 23 heavy (non-hydrogen) atoms. The van der Waals surface area contributed by atoms with E-state index in [2.05, 4.69) is 71.4 Å². The number of thiocarbonyl (C=S) groups is 1. The van der Waals surface area contributed by atoms with Crippen LogP contribution in [0.3, 0.4) is 0 Å². The Hall–Kier alpha value is -1.81. The molecule has 1 atom stereocenters. The lowest BCUT2D eigenvalue weighted by atomic mass is 10.1. The Morgan fingerprint density at radius 2 is 2.04 bits per heavy atom. The Morgan fingerprint density at radius 3 is 2.78 bits per heavy atom. The smallest absolute Gasteiger partial charge is 0.173 e. The largest absolute Gasteiger partial charge is 0.353 e. The van der Waals surface area contributed by atoms with Crippen LogP contribution >= 0.6 is 12.2 Å². The number of anilines is 1. The second-order valence-corrected chi connectivity index (χ2v) is 6.79. The van der Waals surface area contributed by atoms with Crippen LogP contribution in [0.15, 0.2) is 42.6 Å². The normalized spacial score (nSPS) is 18.5. The first-order chi connectivity index (χ1) is 11.1. The van der Waals surface area contributed by atoms with Gasteiger partial charge in [-0.1, -0.05) is 25.0 Å². The zero-order valence-electron chi connectivity index (χ0n) is 14.0. The minimum absolute atomic E-state index is 0.363. The molecule has 1 N–H and O–H groups in total. The Kier molecular flexibility index (Phi) is 5.01. The fourth-order valence-electron chi connectivity index (χ4n) is 3.40. The fourth-order valence-corrected chi connectivity index (χ4v) is 3.73. The van der Waals surface area contributed by atoms with Gasteiger partial charge in [0, 0.05) is 31.2 Å². The summed E-state index contributed by atoms with van der Waals surface area (Å²) in [6, 6.07) is 13.1. The van der Waals surface area contributed by atoms with Crippen LogP contribution in [0.25, 0.3) is 0 Å². The number of aryl methyl sites for hydroxylation is 2. The molecule has 1 fully saturated rings. The molecule has 0 radical (unpaired) electrons. The second-order valence-electron chi connectivity index (χ2n) is 6.40. The maximum absolute atomic E-state index is 5.76. The Labute approximate surface area is 144 Å². The molecule has 1 aliphatic heterocycles. The summed E-state index contributed by atoms with van der Waals surface area (Å²) >= 11 is 5.76. The van der Waals surface area contributed by atoms with E-state index in [1.807, 2.05) is 0 Å². The van der Waals surface area contributed by atoms with Crippen LogP contribution in [0.5, 0.6) is 0 Å². The average molecular weight is 327 g/mol. The molecule has 0 aliphatic carbocycles. The molecule has 0 amide bonds. The van der Waals surface area contributed by atoms with Crippen LogP contribution < -0.4 is 5.32 Å². The highest BCUT2D eigenvalue weighted by molar-refractivity contribution is 7.80. The van der Waals surface area contributed by atoms with E-state index in [1.54, 1.807) is 0 Å². The predicted molar refractivity (Wildman–Crippen MR) is 101 cm³/mol. The topological polar surface area (TPSA) is 20.2 Å². The van der Waals surface area contributed by atoms with Crippen LogP contribution in [0.1, 0.15) is 43.0 Å². The van der Waals surface area contributed by atoms with Crippen LogP contribution in [0.2, 0.25) is 0 Å². The van der Waals surface area contributed by atoms with E-state index in [1.165, 1.54) is 30.5 Å². The molecule has 0 unspecified atom stereocenters. The van der Waals surface area contributed by atoms with E-state index < -0.39 is 0 Å². The quantitative estimate of drug-likeness (QED) is 0.811. The number of nitrogens with one attached hydrogen (secondary N) is 1. The van der Waals surface area contributed by atoms with E-state index in [9.17, 15) is 0 Å². The van der Waals surface area contributed by atoms with E-state index in [4.69, 9.17) is 12.2 Å². The summed E-state index contributed by atoms with van der Waals surface area (Å²) in [6.07, 6.45) is 7.03. The summed E-state index contributed by atoms with van der Waals surface area (Å²) in [7, 11) is 2.12. The lowest BCUT2D eigenvalue weighted by Crippen LogP contribution is -2.38. The molecule has 3 rings (SSSR count). The Morgan fingerprint density at radius 1 is 1.17 bits per heavy atom. The number of likely N-dealkylation sites (tertiary alicyclic amines) is 1. The van der Waals surface area contributed by atoms with Crippen molar-refractivity contribution in [3.05, 3.63) is 53.9 Å². The van der Waals surface area contributed by atoms with E-state index >= 15 is 0 Å². The highest BCUT2D eigenvalue weighted by Gasteiger charge is 2.26. The van der Waals surface area contributed by atoms with E-state index in [0.717, 1.165) is 23.8 Å². The fraction of sp³-hybridized carbons (Fsp3) is 0.421. The summed E-state index contributed by atoms with van der Waals surface area (Å²) in [6.45, 7) is 3.13. The molecule has 2 aromatic rings. The predicted octanol–water partition coefficient (Wildman–Crippen LogP) is 4.65. The van der Waals surface area contributed by atoms with Gasteiger partial charge in [0.1, 0.15) is 0 Å². The third-order valence-electron chi connectivity index (χ3n) is 4.61. The lowest BCUT2D eigenvalue weighted by Gasteiger charge is -2.33. The zero-order chi connectivity index (χ0) is 16.2. The molecule has 1 aromatic heterocycles. The standard InChI is InChI=1S/C19H25N3S/c1-15-8-6-9-16(14-15)20-19(23)22-13-5-3-4-10-18(22)17-11-7-12-21(17)2/h6-9,11-12,14,18H,3-5,10,13H2,1-2H3,(H,20,23)/t18-/m1/s1. The van der Waals surface area contributed by atoms with Gasteiger partial charge in [0.15, 0.2) is 5.11 Å². The molecular weight excluding hydrogens is 302 g/mol. The molecule has 122 valence electrons. The maximum Gasteiger partial charge on any atom is 0.173 e. The Balaban J connectivity index is 1.81. The van der Waals surface area contributed by atoms with Crippen LogP contribution in [-0.4, -0.2) is 21.1 Å². The van der Waals surface area contributed by atoms with Gasteiger partial charge in [0.25, 0.3) is 0 Å². The SMILES string of the molecule is Cc1cccc(NC(=S)N2CCCCC[C@@H]2c2cccn2C)c1. The van der Waals surface area contributed by atoms with Crippen molar-refractivity contribution >= 4 is 23.0 Å². The van der Waals surface area contributed by atoms with Crippen molar-refractivity contribution in [2.24, 2.45) is 7.05 Å². The molecule has 1 saturated heterocycles. The molecule has 0 spiro atoms. The third kappa shape index (κ3) is 3.75. The second kappa shape index (κ2) is 7.18. The van der Waals surface area contributed by atoms with Crippen molar-refractivity contribution in [1.29, 1.82) is 0 Å². The minimum Gasteiger partial charge on any atom is -0.353 e. The Bertz CT molecular complexity index is 677. The first kappa shape index (κ1) is 16.1. The van der Waals surface area contributed by atoms with Crippen molar-refractivity contribution in [3.8, 4) is 0 Å². The summed E-state index contributed by atoms with van der Waals surface area (Å²) < 4.78 is 2.22. The molecule has 0 saturated carbocycles. The maximum atomic E-state index is 5.76. The summed E-state index contributed by atoms with van der Waals surface area (Å²) in [5, 5.41) is 4.28. The van der Waals surface area contributed by atoms with Crippen LogP contribution in [0.4, 0.5) is 5.69 Å². The minimum atomic E-state index is 0.363. The first-order valence-corrected chi connectivity index (χ1v) is 8.81. The number of nitrogens with zero attached hydrogens (tertiary/aromatic N) is 2. The molecule has 2 heterocycles. The van der Waals surface area contributed by atoms with Gasteiger partial charge in [-0.3, -0.25) is 0 Å². The van der Waals surface area contributed by atoms with Crippen molar-refractivity contribution in [3.63, 3.8) is 0 Å². The number of hydrogen-bond acceptors (Lipinski definition) is 1. The monoisotopic (exact) mass is 327 g/mol. The van der Waals surface area contributed by atoms with Gasteiger partial charge in [0.2, 0.25) is 0 Å². The lowest BCUT2D eigenvalue weighted by molar-refractivity contribution is 0.315. The number of hydrogen-bond donors (Lipinski definition) is 1. The number of aromatic nitrogens is 1. The first-order valence-electron chi connectivity index (χ1n) is 8.40. The van der Waals surface area contributed by atoms with Gasteiger partial charge < -0.3 is 14.8 Å². The number of benzene rings is 1. The molecule has 1 aliphatic rings. The van der Waals surface area contributed by atoms with Gasteiger partial charge in [-0.25, -0.2) is 0 Å². The summed E-state index contributed by atoms with van der Waals surface area (Å²) in [5.74, 6) is 0. The van der Waals surface area contributed by atoms with Crippen molar-refractivity contribution < 1.29 is 0 Å². The van der Waals surface area contributed by atoms with Gasteiger partial charge in [-0.05, 0) is 61.8 Å². The third-order valence-corrected chi connectivity index (χ3v) is 4.94. The molecule has 0 bridgehead atoms. The highest BCUT2D eigenvalue weighted by Crippen LogP contribution is 2.30.